The SMILES string of the molecule is CC/C=C\C/C=C\C/C=C\C/C=C\C/C=C\C/C=C\CCCCCCCCCCCCC(=O)OCC(COC(=O)CCCCC/C=C\C/C=C\C/C=C\CC)OC(=O)CCC/C=C\C/C=C\C/C=C\C/C=C\C/C=C\CC. The summed E-state index contributed by atoms with van der Waals surface area (Å²) in [5, 5.41) is 0. The van der Waals surface area contributed by atoms with Crippen LogP contribution in [0.3, 0.4) is 0 Å². The predicted molar refractivity (Wildman–Crippen MR) is 334 cm³/mol. The summed E-state index contributed by atoms with van der Waals surface area (Å²) in [6.45, 7) is 6.21. The average Bonchev–Trinajstić information content (AvgIpc) is 3.43. The summed E-state index contributed by atoms with van der Waals surface area (Å²) in [6, 6.07) is 0. The van der Waals surface area contributed by atoms with Gasteiger partial charge >= 0.3 is 17.9 Å². The largest absolute Gasteiger partial charge is 0.462 e. The molecule has 0 fully saturated rings. The topological polar surface area (TPSA) is 78.9 Å². The first kappa shape index (κ1) is 71.8. The number of allylic oxidation sites excluding steroid dienone is 28. The molecule has 430 valence electrons. The van der Waals surface area contributed by atoms with Gasteiger partial charge in [-0.15, -0.1) is 0 Å². The van der Waals surface area contributed by atoms with Gasteiger partial charge in [-0.3, -0.25) is 14.4 Å². The molecule has 0 rings (SSSR count). The van der Waals surface area contributed by atoms with Gasteiger partial charge in [-0.2, -0.15) is 0 Å². The van der Waals surface area contributed by atoms with Gasteiger partial charge in [0.15, 0.2) is 6.10 Å². The summed E-state index contributed by atoms with van der Waals surface area (Å²) in [7, 11) is 0. The molecule has 77 heavy (non-hydrogen) atoms. The summed E-state index contributed by atoms with van der Waals surface area (Å²) in [5.41, 5.74) is 0. The Kier molecular flexibility index (Phi) is 59.0. The molecule has 0 aromatic heterocycles. The lowest BCUT2D eigenvalue weighted by Gasteiger charge is -2.18. The number of carbonyl (C=O) groups excluding carboxylic acids is 3. The molecule has 0 aromatic carbocycles. The van der Waals surface area contributed by atoms with Crippen LogP contribution in [0.15, 0.2) is 170 Å². The monoisotopic (exact) mass is 1060 g/mol. The Morgan fingerprint density at radius 1 is 0.260 bits per heavy atom. The lowest BCUT2D eigenvalue weighted by molar-refractivity contribution is -0.167. The lowest BCUT2D eigenvalue weighted by Crippen LogP contribution is -2.30. The first-order chi connectivity index (χ1) is 38.0. The highest BCUT2D eigenvalue weighted by molar-refractivity contribution is 5.71. The number of esters is 3. The van der Waals surface area contributed by atoms with E-state index in [0.717, 1.165) is 148 Å². The maximum absolute atomic E-state index is 12.9. The molecular weight excluding hydrogens is 949 g/mol. The van der Waals surface area contributed by atoms with Crippen LogP contribution in [0.2, 0.25) is 0 Å². The molecule has 0 saturated carbocycles. The van der Waals surface area contributed by atoms with Crippen LogP contribution >= 0.6 is 0 Å². The number of carbonyl (C=O) groups is 3. The predicted octanol–water partition coefficient (Wildman–Crippen LogP) is 21.1. The molecule has 1 atom stereocenters. The maximum Gasteiger partial charge on any atom is 0.306 e. The van der Waals surface area contributed by atoms with Crippen LogP contribution < -0.4 is 0 Å². The lowest BCUT2D eigenvalue weighted by atomic mass is 10.1. The molecule has 0 spiro atoms. The highest BCUT2D eigenvalue weighted by Crippen LogP contribution is 2.14. The van der Waals surface area contributed by atoms with Crippen LogP contribution in [0, 0.1) is 0 Å². The quantitative estimate of drug-likeness (QED) is 0.0261. The fourth-order valence-electron chi connectivity index (χ4n) is 7.73. The Morgan fingerprint density at radius 3 is 0.779 bits per heavy atom. The van der Waals surface area contributed by atoms with Gasteiger partial charge < -0.3 is 14.2 Å². The Morgan fingerprint density at radius 2 is 0.481 bits per heavy atom. The van der Waals surface area contributed by atoms with Crippen molar-refractivity contribution < 1.29 is 28.6 Å². The minimum Gasteiger partial charge on any atom is -0.462 e. The van der Waals surface area contributed by atoms with Crippen LogP contribution in [-0.2, 0) is 28.6 Å². The zero-order chi connectivity index (χ0) is 55.7. The van der Waals surface area contributed by atoms with Crippen molar-refractivity contribution in [3.05, 3.63) is 170 Å². The van der Waals surface area contributed by atoms with Crippen molar-refractivity contribution in [2.75, 3.05) is 13.2 Å². The minimum atomic E-state index is -0.831. The molecule has 6 heteroatoms. The molecule has 0 N–H and O–H groups in total. The molecule has 0 bridgehead atoms. The Hall–Kier alpha value is -5.23. The first-order valence-electron chi connectivity index (χ1n) is 30.6. The van der Waals surface area contributed by atoms with Crippen LogP contribution in [0.4, 0.5) is 0 Å². The summed E-state index contributed by atoms with van der Waals surface area (Å²) in [5.74, 6) is -1.02. The van der Waals surface area contributed by atoms with Crippen LogP contribution in [0.5, 0.6) is 0 Å². The molecule has 0 aliphatic heterocycles. The number of hydrogen-bond donors (Lipinski definition) is 0. The van der Waals surface area contributed by atoms with Crippen molar-refractivity contribution in [2.45, 2.75) is 245 Å². The first-order valence-corrected chi connectivity index (χ1v) is 30.6. The Labute approximate surface area is 472 Å². The van der Waals surface area contributed by atoms with Crippen molar-refractivity contribution >= 4 is 17.9 Å². The van der Waals surface area contributed by atoms with E-state index in [0.29, 0.717) is 19.3 Å². The summed E-state index contributed by atoms with van der Waals surface area (Å²) in [4.78, 5) is 38.2. The minimum absolute atomic E-state index is 0.120. The van der Waals surface area contributed by atoms with Crippen LogP contribution in [-0.4, -0.2) is 37.2 Å². The molecule has 0 aliphatic carbocycles. The van der Waals surface area contributed by atoms with Crippen molar-refractivity contribution in [2.24, 2.45) is 0 Å². The second-order valence-corrected chi connectivity index (χ2v) is 19.5. The zero-order valence-electron chi connectivity index (χ0n) is 49.1. The van der Waals surface area contributed by atoms with Crippen molar-refractivity contribution in [3.63, 3.8) is 0 Å². The zero-order valence-corrected chi connectivity index (χ0v) is 49.1. The normalized spacial score (nSPS) is 13.3. The van der Waals surface area contributed by atoms with Gasteiger partial charge in [-0.25, -0.2) is 0 Å². The number of unbranched alkanes of at least 4 members (excludes halogenated alkanes) is 14. The summed E-state index contributed by atoms with van der Waals surface area (Å²) >= 11 is 0. The third-order valence-electron chi connectivity index (χ3n) is 12.2. The molecule has 0 saturated heterocycles. The van der Waals surface area contributed by atoms with E-state index in [1.807, 2.05) is 0 Å². The van der Waals surface area contributed by atoms with E-state index >= 15 is 0 Å². The van der Waals surface area contributed by atoms with Crippen LogP contribution in [0.1, 0.15) is 239 Å². The third-order valence-corrected chi connectivity index (χ3v) is 12.2. The van der Waals surface area contributed by atoms with Gasteiger partial charge in [-0.05, 0) is 141 Å². The van der Waals surface area contributed by atoms with Gasteiger partial charge in [-0.1, -0.05) is 249 Å². The second-order valence-electron chi connectivity index (χ2n) is 19.5. The standard InChI is InChI=1S/C71H110O6/c1-4-7-10-13-16-19-22-25-27-29-30-31-32-33-34-35-36-37-38-39-40-42-43-46-49-52-55-58-61-64-70(73)76-67-68(66-75-69(72)63-60-57-54-51-48-45-24-21-18-15-12-9-6-3)77-71(74)65-62-59-56-53-50-47-44-41-28-26-23-20-17-14-11-8-5-2/h7-12,16-21,25-28,30-31,33-34,36-37,44-45,47-48,53,56,68H,4-6,13-15,22-24,29,32,35,38-43,46,49-52,54-55,57-67H2,1-3H3/b10-7-,11-8-,12-9-,19-16-,20-17-,21-18-,27-25-,28-26-,31-30-,34-33-,37-36-,47-44-,48-45-,56-53-. The molecule has 0 radical (unpaired) electrons. The van der Waals surface area contributed by atoms with E-state index in [1.165, 1.54) is 44.9 Å². The molecular formula is C71H110O6. The Balaban J connectivity index is 4.40. The summed E-state index contributed by atoms with van der Waals surface area (Å²) in [6.07, 6.45) is 93.7. The van der Waals surface area contributed by atoms with E-state index in [9.17, 15) is 14.4 Å². The van der Waals surface area contributed by atoms with Crippen molar-refractivity contribution in [1.29, 1.82) is 0 Å². The maximum atomic E-state index is 12.9. The summed E-state index contributed by atoms with van der Waals surface area (Å²) < 4.78 is 16.8. The van der Waals surface area contributed by atoms with E-state index in [1.54, 1.807) is 0 Å². The molecule has 0 aliphatic rings. The molecule has 0 amide bonds. The third kappa shape index (κ3) is 61.5. The van der Waals surface area contributed by atoms with Gasteiger partial charge in [0, 0.05) is 19.3 Å². The van der Waals surface area contributed by atoms with Gasteiger partial charge in [0.05, 0.1) is 0 Å². The number of rotatable bonds is 53. The Bertz CT molecular complexity index is 1790. The van der Waals surface area contributed by atoms with E-state index in [-0.39, 0.29) is 37.5 Å². The van der Waals surface area contributed by atoms with Gasteiger partial charge in [0.25, 0.3) is 0 Å². The number of hydrogen-bond acceptors (Lipinski definition) is 6. The fraction of sp³-hybridized carbons (Fsp3) is 0.563. The second kappa shape index (κ2) is 63.3. The molecule has 1 unspecified atom stereocenters. The van der Waals surface area contributed by atoms with E-state index < -0.39 is 6.10 Å². The van der Waals surface area contributed by atoms with Gasteiger partial charge in [0.1, 0.15) is 13.2 Å². The average molecular weight is 1060 g/mol. The highest BCUT2D eigenvalue weighted by Gasteiger charge is 2.19. The van der Waals surface area contributed by atoms with Gasteiger partial charge in [0.2, 0.25) is 0 Å². The highest BCUT2D eigenvalue weighted by atomic mass is 16.6. The molecule has 6 nitrogen and oxygen atoms in total. The van der Waals surface area contributed by atoms with Crippen molar-refractivity contribution in [1.82, 2.24) is 0 Å². The van der Waals surface area contributed by atoms with Crippen molar-refractivity contribution in [3.8, 4) is 0 Å². The smallest absolute Gasteiger partial charge is 0.306 e. The fourth-order valence-corrected chi connectivity index (χ4v) is 7.73. The molecule has 0 heterocycles. The van der Waals surface area contributed by atoms with E-state index in [4.69, 9.17) is 14.2 Å². The number of ether oxygens (including phenoxy) is 3. The van der Waals surface area contributed by atoms with E-state index in [2.05, 4.69) is 191 Å². The van der Waals surface area contributed by atoms with Crippen LogP contribution in [0.25, 0.3) is 0 Å². The molecule has 0 aromatic rings.